The van der Waals surface area contributed by atoms with Crippen LogP contribution in [0.5, 0.6) is 0 Å². The van der Waals surface area contributed by atoms with Crippen molar-refractivity contribution in [2.45, 2.75) is 0 Å². The minimum Gasteiger partial charge on any atom is -0.309 e. The summed E-state index contributed by atoms with van der Waals surface area (Å²) in [6, 6.07) is 54.5. The average molecular weight is 472 g/mol. The summed E-state index contributed by atoms with van der Waals surface area (Å²) in [4.78, 5) is 0. The monoisotopic (exact) mass is 471 g/mol. The highest BCUT2D eigenvalue weighted by molar-refractivity contribution is 6.09. The van der Waals surface area contributed by atoms with Gasteiger partial charge in [0, 0.05) is 16.5 Å². The first-order chi connectivity index (χ1) is 18.3. The standard InChI is InChI=1S/C36H25N/c1-3-12-26(13-4-1)28-16-11-17-29(22-28)31-23-30(27-14-5-2-6-15-27)24-32(25-31)37-35-20-9-7-18-33(35)34-19-8-10-21-36(34)37/h1-25H. The van der Waals surface area contributed by atoms with Gasteiger partial charge in [0.2, 0.25) is 0 Å². The third kappa shape index (κ3) is 3.82. The Morgan fingerprint density at radius 1 is 0.297 bits per heavy atom. The van der Waals surface area contributed by atoms with Crippen molar-refractivity contribution in [3.63, 3.8) is 0 Å². The Bertz CT molecular complexity index is 1810. The molecule has 7 rings (SSSR count). The van der Waals surface area contributed by atoms with E-state index in [0.29, 0.717) is 0 Å². The van der Waals surface area contributed by atoms with Crippen LogP contribution in [0.4, 0.5) is 0 Å². The highest BCUT2D eigenvalue weighted by Gasteiger charge is 2.14. The van der Waals surface area contributed by atoms with E-state index in [1.807, 2.05) is 0 Å². The minimum absolute atomic E-state index is 1.17. The van der Waals surface area contributed by atoms with E-state index in [0.717, 1.165) is 0 Å². The van der Waals surface area contributed by atoms with E-state index >= 15 is 0 Å². The normalized spacial score (nSPS) is 11.2. The maximum Gasteiger partial charge on any atom is 0.0541 e. The average Bonchev–Trinajstić information content (AvgIpc) is 3.32. The Labute approximate surface area is 216 Å². The number of benzene rings is 6. The van der Waals surface area contributed by atoms with Crippen LogP contribution < -0.4 is 0 Å². The molecule has 7 aromatic rings. The molecule has 0 aliphatic rings. The maximum atomic E-state index is 2.40. The fraction of sp³-hybridized carbons (Fsp3) is 0. The smallest absolute Gasteiger partial charge is 0.0541 e. The summed E-state index contributed by atoms with van der Waals surface area (Å²) in [5.74, 6) is 0. The Kier molecular flexibility index (Phi) is 5.19. The highest BCUT2D eigenvalue weighted by Crippen LogP contribution is 2.36. The molecular weight excluding hydrogens is 446 g/mol. The van der Waals surface area contributed by atoms with Crippen LogP contribution in [-0.2, 0) is 0 Å². The molecular formula is C36H25N. The van der Waals surface area contributed by atoms with Gasteiger partial charge in [0.15, 0.2) is 0 Å². The molecule has 0 unspecified atom stereocenters. The molecule has 0 aliphatic heterocycles. The predicted molar refractivity (Wildman–Crippen MR) is 157 cm³/mol. The first-order valence-electron chi connectivity index (χ1n) is 12.7. The van der Waals surface area contributed by atoms with Crippen molar-refractivity contribution in [2.24, 2.45) is 0 Å². The second-order valence-electron chi connectivity index (χ2n) is 9.45. The maximum absolute atomic E-state index is 2.40. The van der Waals surface area contributed by atoms with Crippen molar-refractivity contribution in [3.8, 4) is 39.1 Å². The largest absolute Gasteiger partial charge is 0.309 e. The lowest BCUT2D eigenvalue weighted by molar-refractivity contribution is 1.18. The van der Waals surface area contributed by atoms with Crippen LogP contribution in [-0.4, -0.2) is 4.57 Å². The summed E-state index contributed by atoms with van der Waals surface area (Å²) in [5.41, 5.74) is 10.9. The van der Waals surface area contributed by atoms with E-state index in [-0.39, 0.29) is 0 Å². The van der Waals surface area contributed by atoms with Crippen LogP contribution in [0, 0.1) is 0 Å². The Morgan fingerprint density at radius 2 is 0.703 bits per heavy atom. The molecule has 1 aromatic heterocycles. The summed E-state index contributed by atoms with van der Waals surface area (Å²) < 4.78 is 2.40. The van der Waals surface area contributed by atoms with Gasteiger partial charge in [-0.1, -0.05) is 115 Å². The predicted octanol–water partition coefficient (Wildman–Crippen LogP) is 9.78. The van der Waals surface area contributed by atoms with Gasteiger partial charge in [0.1, 0.15) is 0 Å². The van der Waals surface area contributed by atoms with E-state index in [9.17, 15) is 0 Å². The van der Waals surface area contributed by atoms with Crippen molar-refractivity contribution < 1.29 is 0 Å². The van der Waals surface area contributed by atoms with E-state index in [2.05, 4.69) is 156 Å². The van der Waals surface area contributed by atoms with Gasteiger partial charge in [-0.3, -0.25) is 0 Å². The molecule has 174 valence electrons. The second kappa shape index (κ2) is 8.96. The van der Waals surface area contributed by atoms with Gasteiger partial charge in [-0.05, 0) is 69.8 Å². The summed E-state index contributed by atoms with van der Waals surface area (Å²) in [6.45, 7) is 0. The van der Waals surface area contributed by atoms with Gasteiger partial charge in [-0.15, -0.1) is 0 Å². The lowest BCUT2D eigenvalue weighted by Gasteiger charge is -2.14. The number of rotatable bonds is 4. The Morgan fingerprint density at radius 3 is 1.30 bits per heavy atom. The topological polar surface area (TPSA) is 4.93 Å². The van der Waals surface area contributed by atoms with Crippen molar-refractivity contribution in [2.75, 3.05) is 0 Å². The van der Waals surface area contributed by atoms with Gasteiger partial charge in [0.25, 0.3) is 0 Å². The van der Waals surface area contributed by atoms with Crippen molar-refractivity contribution in [1.82, 2.24) is 4.57 Å². The molecule has 0 amide bonds. The Balaban J connectivity index is 1.49. The van der Waals surface area contributed by atoms with E-state index in [1.54, 1.807) is 0 Å². The molecule has 0 atom stereocenters. The molecule has 0 spiro atoms. The van der Waals surface area contributed by atoms with Gasteiger partial charge in [-0.25, -0.2) is 0 Å². The molecule has 0 N–H and O–H groups in total. The number of aromatic nitrogens is 1. The first-order valence-corrected chi connectivity index (χ1v) is 12.7. The number of nitrogens with zero attached hydrogens (tertiary/aromatic N) is 1. The number of hydrogen-bond donors (Lipinski definition) is 0. The van der Waals surface area contributed by atoms with Crippen LogP contribution in [0.1, 0.15) is 0 Å². The number of para-hydroxylation sites is 2. The summed E-state index contributed by atoms with van der Waals surface area (Å²) in [6.07, 6.45) is 0. The fourth-order valence-corrected chi connectivity index (χ4v) is 5.41. The molecule has 37 heavy (non-hydrogen) atoms. The molecule has 0 radical (unpaired) electrons. The molecule has 0 saturated carbocycles. The van der Waals surface area contributed by atoms with Crippen LogP contribution in [0.2, 0.25) is 0 Å². The number of fused-ring (bicyclic) bond motifs is 3. The second-order valence-corrected chi connectivity index (χ2v) is 9.45. The molecule has 1 heteroatoms. The summed E-state index contributed by atoms with van der Waals surface area (Å²) in [5, 5.41) is 2.55. The molecule has 6 aromatic carbocycles. The molecule has 1 heterocycles. The Hall–Kier alpha value is -4.88. The van der Waals surface area contributed by atoms with Gasteiger partial charge >= 0.3 is 0 Å². The third-order valence-electron chi connectivity index (χ3n) is 7.17. The zero-order chi connectivity index (χ0) is 24.6. The first kappa shape index (κ1) is 21.4. The lowest BCUT2D eigenvalue weighted by Crippen LogP contribution is -1.96. The zero-order valence-corrected chi connectivity index (χ0v) is 20.4. The fourth-order valence-electron chi connectivity index (χ4n) is 5.41. The van der Waals surface area contributed by atoms with Gasteiger partial charge in [0.05, 0.1) is 11.0 Å². The SMILES string of the molecule is c1ccc(-c2cccc(-c3cc(-c4ccccc4)cc(-n4c5ccccc5c5ccccc54)c3)c2)cc1. The quantitative estimate of drug-likeness (QED) is 0.241. The highest BCUT2D eigenvalue weighted by atomic mass is 15.0. The van der Waals surface area contributed by atoms with Gasteiger partial charge < -0.3 is 4.57 Å². The van der Waals surface area contributed by atoms with Crippen LogP contribution >= 0.6 is 0 Å². The summed E-state index contributed by atoms with van der Waals surface area (Å²) >= 11 is 0. The zero-order valence-electron chi connectivity index (χ0n) is 20.4. The molecule has 0 saturated heterocycles. The summed E-state index contributed by atoms with van der Waals surface area (Å²) in [7, 11) is 0. The van der Waals surface area contributed by atoms with E-state index < -0.39 is 0 Å². The molecule has 0 bridgehead atoms. The van der Waals surface area contributed by atoms with Gasteiger partial charge in [-0.2, -0.15) is 0 Å². The third-order valence-corrected chi connectivity index (χ3v) is 7.17. The number of hydrogen-bond acceptors (Lipinski definition) is 0. The van der Waals surface area contributed by atoms with Crippen molar-refractivity contribution in [1.29, 1.82) is 0 Å². The molecule has 1 nitrogen and oxygen atoms in total. The molecule has 0 fully saturated rings. The van der Waals surface area contributed by atoms with Crippen molar-refractivity contribution in [3.05, 3.63) is 152 Å². The van der Waals surface area contributed by atoms with Crippen LogP contribution in [0.3, 0.4) is 0 Å². The van der Waals surface area contributed by atoms with Crippen LogP contribution in [0.25, 0.3) is 60.9 Å². The van der Waals surface area contributed by atoms with E-state index in [4.69, 9.17) is 0 Å². The van der Waals surface area contributed by atoms with Crippen molar-refractivity contribution >= 4 is 21.8 Å². The lowest BCUT2D eigenvalue weighted by atomic mass is 9.95. The van der Waals surface area contributed by atoms with E-state index in [1.165, 1.54) is 60.9 Å². The van der Waals surface area contributed by atoms with Crippen LogP contribution in [0.15, 0.2) is 152 Å². The molecule has 0 aliphatic carbocycles. The minimum atomic E-state index is 1.17.